The maximum absolute atomic E-state index is 11.2. The van der Waals surface area contributed by atoms with Gasteiger partial charge in [-0.3, -0.25) is 0 Å². The van der Waals surface area contributed by atoms with Gasteiger partial charge in [0.2, 0.25) is 0 Å². The molecule has 2 aromatic rings. The van der Waals surface area contributed by atoms with Crippen molar-refractivity contribution in [1.29, 1.82) is 0 Å². The highest BCUT2D eigenvalue weighted by molar-refractivity contribution is 6.39. The molecule has 0 aliphatic carbocycles. The number of halogens is 2. The zero-order chi connectivity index (χ0) is 15.0. The van der Waals surface area contributed by atoms with Crippen molar-refractivity contribution in [3.05, 3.63) is 52.0 Å². The molecule has 1 aliphatic heterocycles. The first-order chi connectivity index (χ1) is 10.1. The van der Waals surface area contributed by atoms with Gasteiger partial charge in [-0.05, 0) is 30.5 Å². The van der Waals surface area contributed by atoms with Crippen LogP contribution in [0.3, 0.4) is 0 Å². The minimum Gasteiger partial charge on any atom is -0.479 e. The van der Waals surface area contributed by atoms with Crippen LogP contribution in [0.25, 0.3) is 11.1 Å². The maximum Gasteiger partial charge on any atom is 0.344 e. The number of para-hydroxylation sites is 1. The minimum absolute atomic E-state index is 0. The summed E-state index contributed by atoms with van der Waals surface area (Å²) in [5.74, 6) is -0.396. The van der Waals surface area contributed by atoms with Gasteiger partial charge in [-0.1, -0.05) is 54.9 Å². The second-order valence-electron chi connectivity index (χ2n) is 4.87. The number of benzene rings is 2. The van der Waals surface area contributed by atoms with E-state index in [2.05, 4.69) is 0 Å². The van der Waals surface area contributed by atoms with Crippen molar-refractivity contribution in [3.8, 4) is 16.9 Å². The molecular weight excluding hydrogens is 323 g/mol. The van der Waals surface area contributed by atoms with E-state index in [1.165, 1.54) is 0 Å². The Balaban J connectivity index is 0.00000176. The zero-order valence-corrected chi connectivity index (χ0v) is 12.5. The molecule has 1 heterocycles. The van der Waals surface area contributed by atoms with E-state index in [1.807, 2.05) is 18.2 Å². The summed E-state index contributed by atoms with van der Waals surface area (Å²) in [6.07, 6.45) is 0.282. The second kappa shape index (κ2) is 6.59. The molecule has 0 spiro atoms. The number of carboxylic acid groups (broad SMARTS) is 1. The van der Waals surface area contributed by atoms with E-state index in [1.54, 1.807) is 18.2 Å². The Morgan fingerprint density at radius 1 is 1.14 bits per heavy atom. The lowest BCUT2D eigenvalue weighted by atomic mass is 9.95. The van der Waals surface area contributed by atoms with Crippen LogP contribution in [-0.2, 0) is 11.2 Å². The van der Waals surface area contributed by atoms with Crippen LogP contribution >= 0.6 is 23.2 Å². The number of carboxylic acids is 1. The Labute approximate surface area is 139 Å². The van der Waals surface area contributed by atoms with Crippen LogP contribution in [0, 0.1) is 0 Å². The van der Waals surface area contributed by atoms with Crippen LogP contribution in [0.1, 0.15) is 19.4 Å². The third-order valence-electron chi connectivity index (χ3n) is 3.54. The lowest BCUT2D eigenvalue weighted by Gasteiger charge is -2.26. The summed E-state index contributed by atoms with van der Waals surface area (Å²) in [5.41, 5.74) is 2.37. The Morgan fingerprint density at radius 3 is 2.41 bits per heavy atom. The molecule has 0 saturated heterocycles. The molecule has 0 aromatic heterocycles. The summed E-state index contributed by atoms with van der Waals surface area (Å²) in [6.45, 7) is 0. The van der Waals surface area contributed by atoms with Gasteiger partial charge in [-0.2, -0.15) is 0 Å². The first-order valence-electron chi connectivity index (χ1n) is 6.53. The van der Waals surface area contributed by atoms with Crippen molar-refractivity contribution in [2.45, 2.75) is 26.4 Å². The maximum atomic E-state index is 11.2. The summed E-state index contributed by atoms with van der Waals surface area (Å²) in [6, 6.07) is 10.9. The lowest BCUT2D eigenvalue weighted by Crippen LogP contribution is -2.31. The number of fused-ring (bicyclic) bond motifs is 1. The van der Waals surface area contributed by atoms with Crippen LogP contribution in [0.2, 0.25) is 10.0 Å². The molecule has 1 aliphatic rings. The van der Waals surface area contributed by atoms with Crippen molar-refractivity contribution in [3.63, 3.8) is 0 Å². The number of carbonyl (C=O) groups is 1. The van der Waals surface area contributed by atoms with Crippen molar-refractivity contribution in [2.24, 2.45) is 0 Å². The van der Waals surface area contributed by atoms with Crippen LogP contribution in [-0.4, -0.2) is 17.2 Å². The standard InChI is InChI=1S/C16H12Cl2O3.CH4/c17-11-5-2-6-12(18)14(11)10-4-1-3-9-7-8-13(16(19)20)21-15(9)10;/h1-6,13H,7-8H2,(H,19,20);1H4. The first kappa shape index (κ1) is 16.7. The Hall–Kier alpha value is -1.71. The molecule has 0 saturated carbocycles. The van der Waals surface area contributed by atoms with E-state index in [0.717, 1.165) is 11.1 Å². The molecule has 0 bridgehead atoms. The predicted octanol–water partition coefficient (Wildman–Crippen LogP) is 5.07. The highest BCUT2D eigenvalue weighted by atomic mass is 35.5. The van der Waals surface area contributed by atoms with E-state index in [-0.39, 0.29) is 7.43 Å². The van der Waals surface area contributed by atoms with E-state index in [4.69, 9.17) is 33.0 Å². The summed E-state index contributed by atoms with van der Waals surface area (Å²) >= 11 is 12.5. The molecule has 3 rings (SSSR count). The predicted molar refractivity (Wildman–Crippen MR) is 89.0 cm³/mol. The van der Waals surface area contributed by atoms with Gasteiger partial charge in [0.25, 0.3) is 0 Å². The molecule has 0 amide bonds. The number of hydrogen-bond acceptors (Lipinski definition) is 2. The molecule has 116 valence electrons. The molecule has 22 heavy (non-hydrogen) atoms. The molecule has 3 nitrogen and oxygen atoms in total. The van der Waals surface area contributed by atoms with Crippen LogP contribution in [0.4, 0.5) is 0 Å². The molecule has 1 N–H and O–H groups in total. The molecular formula is C17H16Cl2O3. The van der Waals surface area contributed by atoms with E-state index < -0.39 is 12.1 Å². The third-order valence-corrected chi connectivity index (χ3v) is 4.17. The van der Waals surface area contributed by atoms with Crippen molar-refractivity contribution < 1.29 is 14.6 Å². The number of hydrogen-bond donors (Lipinski definition) is 1. The fourth-order valence-electron chi connectivity index (χ4n) is 2.53. The van der Waals surface area contributed by atoms with E-state index >= 15 is 0 Å². The fraction of sp³-hybridized carbons (Fsp3) is 0.235. The topological polar surface area (TPSA) is 46.5 Å². The lowest BCUT2D eigenvalue weighted by molar-refractivity contribution is -0.145. The SMILES string of the molecule is C.O=C(O)C1CCc2cccc(-c3c(Cl)cccc3Cl)c2O1. The number of aliphatic carboxylic acids is 1. The number of aryl methyl sites for hydroxylation is 1. The van der Waals surface area contributed by atoms with Crippen LogP contribution < -0.4 is 4.74 Å². The van der Waals surface area contributed by atoms with Gasteiger partial charge < -0.3 is 9.84 Å². The Bertz CT molecular complexity index is 693. The van der Waals surface area contributed by atoms with E-state index in [9.17, 15) is 4.79 Å². The average Bonchev–Trinajstić information content (AvgIpc) is 2.46. The molecule has 5 heteroatoms. The van der Waals surface area contributed by atoms with Gasteiger partial charge in [0, 0.05) is 11.1 Å². The molecule has 1 atom stereocenters. The third kappa shape index (κ3) is 2.92. The second-order valence-corrected chi connectivity index (χ2v) is 5.69. The summed E-state index contributed by atoms with van der Waals surface area (Å²) < 4.78 is 5.67. The highest BCUT2D eigenvalue weighted by Crippen LogP contribution is 2.43. The van der Waals surface area contributed by atoms with E-state index in [0.29, 0.717) is 34.2 Å². The van der Waals surface area contributed by atoms with Gasteiger partial charge in [0.05, 0.1) is 10.0 Å². The fourth-order valence-corrected chi connectivity index (χ4v) is 3.14. The van der Waals surface area contributed by atoms with Crippen LogP contribution in [0.5, 0.6) is 5.75 Å². The number of ether oxygens (including phenoxy) is 1. The zero-order valence-electron chi connectivity index (χ0n) is 11.0. The summed E-state index contributed by atoms with van der Waals surface area (Å²) in [5, 5.41) is 10.2. The molecule has 0 radical (unpaired) electrons. The summed E-state index contributed by atoms with van der Waals surface area (Å²) in [4.78, 5) is 11.2. The Kier molecular flexibility index (Phi) is 4.99. The van der Waals surface area contributed by atoms with Gasteiger partial charge >= 0.3 is 5.97 Å². The van der Waals surface area contributed by atoms with Crippen LogP contribution in [0.15, 0.2) is 36.4 Å². The van der Waals surface area contributed by atoms with Crippen molar-refractivity contribution in [1.82, 2.24) is 0 Å². The molecule has 1 unspecified atom stereocenters. The minimum atomic E-state index is -0.958. The van der Waals surface area contributed by atoms with Gasteiger partial charge in [-0.15, -0.1) is 0 Å². The average molecular weight is 339 g/mol. The molecule has 0 fully saturated rings. The monoisotopic (exact) mass is 338 g/mol. The quantitative estimate of drug-likeness (QED) is 0.830. The smallest absolute Gasteiger partial charge is 0.344 e. The summed E-state index contributed by atoms with van der Waals surface area (Å²) in [7, 11) is 0. The normalized spacial score (nSPS) is 16.2. The highest BCUT2D eigenvalue weighted by Gasteiger charge is 2.28. The largest absolute Gasteiger partial charge is 0.479 e. The van der Waals surface area contributed by atoms with Crippen molar-refractivity contribution in [2.75, 3.05) is 0 Å². The number of rotatable bonds is 2. The van der Waals surface area contributed by atoms with Gasteiger partial charge in [0.1, 0.15) is 5.75 Å². The van der Waals surface area contributed by atoms with Gasteiger partial charge in [-0.25, -0.2) is 4.79 Å². The molecule has 2 aromatic carbocycles. The Morgan fingerprint density at radius 2 is 1.77 bits per heavy atom. The first-order valence-corrected chi connectivity index (χ1v) is 7.29. The van der Waals surface area contributed by atoms with Crippen molar-refractivity contribution >= 4 is 29.2 Å². The van der Waals surface area contributed by atoms with Gasteiger partial charge in [0.15, 0.2) is 6.10 Å².